The third-order valence-electron chi connectivity index (χ3n) is 5.38. The van der Waals surface area contributed by atoms with Gasteiger partial charge in [-0.05, 0) is 42.1 Å². The SMILES string of the molecule is COc1cc(Cl)cc(NC(=O)c2cc3ccccc3c(N=Nc3c(C)ccc(Cl)c3S(=O)(=O)O)c2[O-])c1.[Na+]. The number of carbonyl (C=O) groups excluding carboxylic acids is 1. The van der Waals surface area contributed by atoms with E-state index in [1.807, 2.05) is 0 Å². The Morgan fingerprint density at radius 2 is 1.71 bits per heavy atom. The van der Waals surface area contributed by atoms with Crippen LogP contribution in [0, 0.1) is 6.92 Å². The number of ether oxygens (including phenoxy) is 1. The number of azo groups is 1. The van der Waals surface area contributed by atoms with Gasteiger partial charge in [0.05, 0.1) is 17.8 Å². The first-order valence-corrected chi connectivity index (χ1v) is 12.8. The second-order valence-corrected chi connectivity index (χ2v) is 10.1. The van der Waals surface area contributed by atoms with Gasteiger partial charge in [0, 0.05) is 27.7 Å². The Kier molecular flexibility index (Phi) is 9.43. The number of methoxy groups -OCH3 is 1. The number of nitrogens with one attached hydrogen (secondary N) is 1. The van der Waals surface area contributed by atoms with Crippen molar-refractivity contribution in [1.29, 1.82) is 0 Å². The molecule has 4 aromatic rings. The van der Waals surface area contributed by atoms with Gasteiger partial charge in [0.15, 0.2) is 0 Å². The van der Waals surface area contributed by atoms with E-state index >= 15 is 0 Å². The molecule has 13 heteroatoms. The zero-order chi connectivity index (χ0) is 26.9. The predicted octanol–water partition coefficient (Wildman–Crippen LogP) is 3.46. The quantitative estimate of drug-likeness (QED) is 0.203. The summed E-state index contributed by atoms with van der Waals surface area (Å²) in [6, 6.07) is 15.5. The average Bonchev–Trinajstić information content (AvgIpc) is 2.83. The number of carbonyl (C=O) groups is 1. The van der Waals surface area contributed by atoms with Crippen LogP contribution in [0.5, 0.6) is 11.5 Å². The van der Waals surface area contributed by atoms with Crippen LogP contribution in [0.2, 0.25) is 10.0 Å². The van der Waals surface area contributed by atoms with E-state index in [1.54, 1.807) is 37.3 Å². The van der Waals surface area contributed by atoms with Crippen LogP contribution >= 0.6 is 23.2 Å². The minimum absolute atomic E-state index is 0. The fourth-order valence-electron chi connectivity index (χ4n) is 3.64. The number of amides is 1. The number of nitrogens with zero attached hydrogens (tertiary/aromatic N) is 2. The molecular weight excluding hydrogens is 564 g/mol. The Bertz CT molecular complexity index is 1700. The first kappa shape index (κ1) is 29.9. The standard InChI is InChI=1S/C25H19Cl2N3O6S.Na/c1-13-7-8-20(27)24(37(33,34)35)21(13)29-30-22-18-6-4-3-5-14(18)9-19(23(22)31)25(32)28-16-10-15(26)11-17(12-16)36-2;/h3-12,31H,1-2H3,(H,28,32)(H,33,34,35);/q;+1/p-1. The number of fused-ring (bicyclic) bond motifs is 1. The molecule has 0 saturated heterocycles. The molecule has 38 heavy (non-hydrogen) atoms. The van der Waals surface area contributed by atoms with Crippen molar-refractivity contribution in [2.75, 3.05) is 12.4 Å². The first-order valence-electron chi connectivity index (χ1n) is 10.6. The van der Waals surface area contributed by atoms with Crippen LogP contribution in [0.4, 0.5) is 17.1 Å². The molecular formula is C25H18Cl2N3NaO6S. The largest absolute Gasteiger partial charge is 1.00 e. The van der Waals surface area contributed by atoms with Gasteiger partial charge in [-0.2, -0.15) is 13.5 Å². The maximum Gasteiger partial charge on any atom is 1.00 e. The Morgan fingerprint density at radius 3 is 2.39 bits per heavy atom. The van der Waals surface area contributed by atoms with Gasteiger partial charge < -0.3 is 15.2 Å². The number of benzene rings is 4. The summed E-state index contributed by atoms with van der Waals surface area (Å²) in [5.74, 6) is -1.07. The molecule has 190 valence electrons. The molecule has 0 aliphatic heterocycles. The zero-order valence-corrected chi connectivity index (χ0v) is 24.6. The molecule has 0 aromatic heterocycles. The van der Waals surface area contributed by atoms with Crippen LogP contribution in [-0.4, -0.2) is 26.0 Å². The van der Waals surface area contributed by atoms with Crippen LogP contribution in [-0.2, 0) is 10.1 Å². The van der Waals surface area contributed by atoms with Gasteiger partial charge >= 0.3 is 29.6 Å². The van der Waals surface area contributed by atoms with Gasteiger partial charge in [0.25, 0.3) is 16.0 Å². The Hall–Kier alpha value is -2.70. The monoisotopic (exact) mass is 581 g/mol. The van der Waals surface area contributed by atoms with Crippen molar-refractivity contribution in [1.82, 2.24) is 0 Å². The number of halogens is 2. The third kappa shape index (κ3) is 6.29. The topological polar surface area (TPSA) is 140 Å². The van der Waals surface area contributed by atoms with Gasteiger partial charge in [-0.3, -0.25) is 9.35 Å². The van der Waals surface area contributed by atoms with Crippen molar-refractivity contribution >= 4 is 67.1 Å². The van der Waals surface area contributed by atoms with Gasteiger partial charge in [0.1, 0.15) is 16.3 Å². The average molecular weight is 582 g/mol. The molecule has 0 atom stereocenters. The molecule has 2 N–H and O–H groups in total. The Morgan fingerprint density at radius 1 is 1.03 bits per heavy atom. The second-order valence-electron chi connectivity index (χ2n) is 7.87. The molecule has 4 aromatic carbocycles. The third-order valence-corrected chi connectivity index (χ3v) is 6.95. The minimum atomic E-state index is -4.76. The molecule has 0 aliphatic rings. The number of aryl methyl sites for hydroxylation is 1. The fourth-order valence-corrected chi connectivity index (χ4v) is 5.07. The molecule has 0 heterocycles. The number of hydrogen-bond acceptors (Lipinski definition) is 7. The molecule has 0 fully saturated rings. The van der Waals surface area contributed by atoms with Crippen LogP contribution in [0.1, 0.15) is 15.9 Å². The van der Waals surface area contributed by atoms with E-state index in [-0.39, 0.29) is 51.5 Å². The summed E-state index contributed by atoms with van der Waals surface area (Å²) in [4.78, 5) is 12.5. The Labute approximate surface area is 250 Å². The summed E-state index contributed by atoms with van der Waals surface area (Å²) in [6.07, 6.45) is 0. The molecule has 4 rings (SSSR count). The molecule has 9 nitrogen and oxygen atoms in total. The zero-order valence-electron chi connectivity index (χ0n) is 20.3. The van der Waals surface area contributed by atoms with Gasteiger partial charge in [-0.25, -0.2) is 0 Å². The summed E-state index contributed by atoms with van der Waals surface area (Å²) in [5.41, 5.74) is -0.0323. The minimum Gasteiger partial charge on any atom is -0.870 e. The first-order chi connectivity index (χ1) is 17.5. The van der Waals surface area contributed by atoms with E-state index in [9.17, 15) is 22.9 Å². The summed E-state index contributed by atoms with van der Waals surface area (Å²) >= 11 is 12.1. The second kappa shape index (κ2) is 12.0. The molecule has 0 aliphatic carbocycles. The molecule has 0 radical (unpaired) electrons. The van der Waals surface area contributed by atoms with Crippen LogP contribution in [0.25, 0.3) is 10.8 Å². The van der Waals surface area contributed by atoms with E-state index in [2.05, 4.69) is 15.5 Å². The summed E-state index contributed by atoms with van der Waals surface area (Å²) in [7, 11) is -3.31. The molecule has 0 spiro atoms. The van der Waals surface area contributed by atoms with Crippen LogP contribution in [0.3, 0.4) is 0 Å². The molecule has 0 saturated carbocycles. The summed E-state index contributed by atoms with van der Waals surface area (Å²) in [5, 5.41) is 25.0. The van der Waals surface area contributed by atoms with Crippen molar-refractivity contribution < 1.29 is 57.2 Å². The molecule has 0 unspecified atom stereocenters. The maximum atomic E-state index is 13.4. The molecule has 1 amide bonds. The van der Waals surface area contributed by atoms with E-state index in [0.29, 0.717) is 32.8 Å². The van der Waals surface area contributed by atoms with E-state index in [0.717, 1.165) is 0 Å². The smallest absolute Gasteiger partial charge is 0.870 e. The van der Waals surface area contributed by atoms with Gasteiger partial charge in [-0.1, -0.05) is 59.3 Å². The predicted molar refractivity (Wildman–Crippen MR) is 140 cm³/mol. The van der Waals surface area contributed by atoms with Crippen molar-refractivity contribution in [2.45, 2.75) is 11.8 Å². The van der Waals surface area contributed by atoms with E-state index < -0.39 is 26.7 Å². The van der Waals surface area contributed by atoms with Gasteiger partial charge in [0.2, 0.25) is 0 Å². The van der Waals surface area contributed by atoms with E-state index in [1.165, 1.54) is 37.4 Å². The fraction of sp³-hybridized carbons (Fsp3) is 0.0800. The van der Waals surface area contributed by atoms with Crippen molar-refractivity contribution in [3.8, 4) is 11.5 Å². The maximum absolute atomic E-state index is 13.4. The van der Waals surface area contributed by atoms with Crippen molar-refractivity contribution in [3.05, 3.63) is 81.8 Å². The Balaban J connectivity index is 0.00000400. The van der Waals surface area contributed by atoms with Crippen LogP contribution in [0.15, 0.2) is 75.8 Å². The number of hydrogen-bond donors (Lipinski definition) is 2. The van der Waals surface area contributed by atoms with Gasteiger partial charge in [-0.15, -0.1) is 5.11 Å². The normalized spacial score (nSPS) is 11.4. The molecule has 0 bridgehead atoms. The summed E-state index contributed by atoms with van der Waals surface area (Å²) in [6.45, 7) is 1.54. The van der Waals surface area contributed by atoms with Crippen molar-refractivity contribution in [3.63, 3.8) is 0 Å². The number of anilines is 1. The van der Waals surface area contributed by atoms with Crippen LogP contribution < -0.4 is 44.7 Å². The van der Waals surface area contributed by atoms with E-state index in [4.69, 9.17) is 27.9 Å². The number of rotatable bonds is 6. The summed E-state index contributed by atoms with van der Waals surface area (Å²) < 4.78 is 38.7. The van der Waals surface area contributed by atoms with Crippen molar-refractivity contribution in [2.24, 2.45) is 10.2 Å².